The van der Waals surface area contributed by atoms with E-state index in [0.717, 1.165) is 11.1 Å². The first-order valence-corrected chi connectivity index (χ1v) is 8.51. The lowest BCUT2D eigenvalue weighted by atomic mass is 10.1. The summed E-state index contributed by atoms with van der Waals surface area (Å²) in [7, 11) is -3.69. The molecule has 0 atom stereocenters. The topological polar surface area (TPSA) is 72.0 Å². The summed E-state index contributed by atoms with van der Waals surface area (Å²) in [6, 6.07) is 17.7. The molecule has 2 aromatic carbocycles. The lowest BCUT2D eigenvalue weighted by Crippen LogP contribution is -2.15. The lowest BCUT2D eigenvalue weighted by molar-refractivity contribution is 0.601. The monoisotopic (exact) mass is 325 g/mol. The first kappa shape index (κ1) is 15.2. The molecule has 0 fully saturated rings. The minimum atomic E-state index is -3.69. The molecule has 0 saturated heterocycles. The third-order valence-corrected chi connectivity index (χ3v) is 4.63. The average molecular weight is 325 g/mol. The van der Waals surface area contributed by atoms with Crippen LogP contribution in [0.25, 0.3) is 11.3 Å². The lowest BCUT2D eigenvalue weighted by Gasteiger charge is -2.08. The fourth-order valence-corrected chi connectivity index (χ4v) is 3.04. The van der Waals surface area contributed by atoms with Gasteiger partial charge in [0, 0.05) is 11.8 Å². The van der Waals surface area contributed by atoms with Gasteiger partial charge in [-0.05, 0) is 25.1 Å². The fourth-order valence-electron chi connectivity index (χ4n) is 2.07. The standard InChI is InChI=1S/C17H15N3O2S/c1-13-7-9-14(10-8-13)16-11-12-18-17(19-16)20-23(21,22)15-5-3-2-4-6-15/h2-12H,1H3,(H,18,19,20). The maximum absolute atomic E-state index is 12.3. The molecule has 6 heteroatoms. The maximum atomic E-state index is 12.3. The van der Waals surface area contributed by atoms with Crippen molar-refractivity contribution in [2.45, 2.75) is 11.8 Å². The van der Waals surface area contributed by atoms with Crippen molar-refractivity contribution < 1.29 is 8.42 Å². The van der Waals surface area contributed by atoms with Crippen molar-refractivity contribution in [3.05, 3.63) is 72.4 Å². The molecule has 0 radical (unpaired) electrons. The molecule has 0 aliphatic rings. The van der Waals surface area contributed by atoms with Gasteiger partial charge in [0.05, 0.1) is 10.6 Å². The summed E-state index contributed by atoms with van der Waals surface area (Å²) >= 11 is 0. The van der Waals surface area contributed by atoms with Crippen LogP contribution in [0.2, 0.25) is 0 Å². The van der Waals surface area contributed by atoms with Gasteiger partial charge in [0.2, 0.25) is 5.95 Å². The number of nitrogens with zero attached hydrogens (tertiary/aromatic N) is 2. The third-order valence-electron chi connectivity index (χ3n) is 3.28. The molecule has 0 unspecified atom stereocenters. The predicted octanol–water partition coefficient (Wildman–Crippen LogP) is 3.25. The summed E-state index contributed by atoms with van der Waals surface area (Å²) in [6.07, 6.45) is 1.53. The van der Waals surface area contributed by atoms with Crippen LogP contribution in [-0.4, -0.2) is 18.4 Å². The van der Waals surface area contributed by atoms with Crippen molar-refractivity contribution in [1.82, 2.24) is 9.97 Å². The summed E-state index contributed by atoms with van der Waals surface area (Å²) in [5, 5.41) is 0. The van der Waals surface area contributed by atoms with Crippen LogP contribution in [0.4, 0.5) is 5.95 Å². The Morgan fingerprint density at radius 3 is 2.30 bits per heavy atom. The Bertz CT molecular complexity index is 908. The molecule has 23 heavy (non-hydrogen) atoms. The number of benzene rings is 2. The van der Waals surface area contributed by atoms with E-state index in [4.69, 9.17) is 0 Å². The van der Waals surface area contributed by atoms with Gasteiger partial charge in [-0.2, -0.15) is 0 Å². The minimum absolute atomic E-state index is 0.0481. The molecule has 116 valence electrons. The summed E-state index contributed by atoms with van der Waals surface area (Å²) in [5.41, 5.74) is 2.71. The highest BCUT2D eigenvalue weighted by molar-refractivity contribution is 7.92. The molecular weight excluding hydrogens is 310 g/mol. The van der Waals surface area contributed by atoms with Crippen molar-refractivity contribution in [3.63, 3.8) is 0 Å². The van der Waals surface area contributed by atoms with Gasteiger partial charge >= 0.3 is 0 Å². The van der Waals surface area contributed by atoms with E-state index in [1.165, 1.54) is 18.3 Å². The van der Waals surface area contributed by atoms with Crippen LogP contribution < -0.4 is 4.72 Å². The van der Waals surface area contributed by atoms with E-state index in [2.05, 4.69) is 14.7 Å². The van der Waals surface area contributed by atoms with E-state index in [1.54, 1.807) is 24.3 Å². The van der Waals surface area contributed by atoms with Crippen LogP contribution >= 0.6 is 0 Å². The van der Waals surface area contributed by atoms with Crippen LogP contribution in [0.3, 0.4) is 0 Å². The van der Waals surface area contributed by atoms with E-state index in [0.29, 0.717) is 5.69 Å². The van der Waals surface area contributed by atoms with Gasteiger partial charge < -0.3 is 0 Å². The summed E-state index contributed by atoms with van der Waals surface area (Å²) < 4.78 is 27.0. The molecule has 1 aromatic heterocycles. The largest absolute Gasteiger partial charge is 0.264 e. The zero-order valence-electron chi connectivity index (χ0n) is 12.5. The molecular formula is C17H15N3O2S. The molecule has 1 N–H and O–H groups in total. The van der Waals surface area contributed by atoms with E-state index in [1.807, 2.05) is 31.2 Å². The quantitative estimate of drug-likeness (QED) is 0.799. The average Bonchev–Trinajstić information content (AvgIpc) is 2.56. The summed E-state index contributed by atoms with van der Waals surface area (Å²) in [5.74, 6) is 0.0481. The summed E-state index contributed by atoms with van der Waals surface area (Å²) in [4.78, 5) is 8.44. The highest BCUT2D eigenvalue weighted by Crippen LogP contribution is 2.19. The number of aryl methyl sites for hydroxylation is 1. The van der Waals surface area contributed by atoms with Gasteiger partial charge in [-0.25, -0.2) is 23.1 Å². The highest BCUT2D eigenvalue weighted by Gasteiger charge is 2.15. The van der Waals surface area contributed by atoms with Gasteiger partial charge in [-0.3, -0.25) is 0 Å². The van der Waals surface area contributed by atoms with Crippen molar-refractivity contribution in [1.29, 1.82) is 0 Å². The van der Waals surface area contributed by atoms with Gasteiger partial charge in [0.25, 0.3) is 10.0 Å². The summed E-state index contributed by atoms with van der Waals surface area (Å²) in [6.45, 7) is 2.00. The highest BCUT2D eigenvalue weighted by atomic mass is 32.2. The Morgan fingerprint density at radius 1 is 0.913 bits per heavy atom. The smallest absolute Gasteiger partial charge is 0.247 e. The molecule has 1 heterocycles. The number of aromatic nitrogens is 2. The molecule has 0 aliphatic carbocycles. The Morgan fingerprint density at radius 2 is 1.61 bits per heavy atom. The Hall–Kier alpha value is -2.73. The van der Waals surface area contributed by atoms with Crippen LogP contribution in [0.15, 0.2) is 71.8 Å². The van der Waals surface area contributed by atoms with Crippen LogP contribution in [0.5, 0.6) is 0 Å². The second kappa shape index (κ2) is 6.18. The van der Waals surface area contributed by atoms with Crippen LogP contribution in [0.1, 0.15) is 5.56 Å². The van der Waals surface area contributed by atoms with Crippen molar-refractivity contribution in [2.24, 2.45) is 0 Å². The Labute approximate surface area is 135 Å². The van der Waals surface area contributed by atoms with Crippen molar-refractivity contribution >= 4 is 16.0 Å². The first-order chi connectivity index (χ1) is 11.0. The van der Waals surface area contributed by atoms with E-state index >= 15 is 0 Å². The third kappa shape index (κ3) is 3.54. The molecule has 3 rings (SSSR count). The van der Waals surface area contributed by atoms with Crippen LogP contribution in [-0.2, 0) is 10.0 Å². The molecule has 0 saturated carbocycles. The van der Waals surface area contributed by atoms with Crippen LogP contribution in [0, 0.1) is 6.92 Å². The van der Waals surface area contributed by atoms with Crippen molar-refractivity contribution in [3.8, 4) is 11.3 Å². The molecule has 0 amide bonds. The molecule has 0 aliphatic heterocycles. The molecule has 5 nitrogen and oxygen atoms in total. The number of nitrogens with one attached hydrogen (secondary N) is 1. The zero-order chi connectivity index (χ0) is 16.3. The zero-order valence-corrected chi connectivity index (χ0v) is 13.3. The van der Waals surface area contributed by atoms with E-state index in [-0.39, 0.29) is 10.8 Å². The second-order valence-electron chi connectivity index (χ2n) is 5.05. The van der Waals surface area contributed by atoms with E-state index < -0.39 is 10.0 Å². The van der Waals surface area contributed by atoms with Gasteiger partial charge in [-0.1, -0.05) is 48.0 Å². The number of anilines is 1. The SMILES string of the molecule is Cc1ccc(-c2ccnc(NS(=O)(=O)c3ccccc3)n2)cc1. The van der Waals surface area contributed by atoms with Gasteiger partial charge in [0.15, 0.2) is 0 Å². The Kier molecular flexibility index (Phi) is 4.08. The maximum Gasteiger partial charge on any atom is 0.264 e. The number of sulfonamides is 1. The van der Waals surface area contributed by atoms with Crippen molar-refractivity contribution in [2.75, 3.05) is 4.72 Å². The minimum Gasteiger partial charge on any atom is -0.247 e. The number of rotatable bonds is 4. The molecule has 0 bridgehead atoms. The fraction of sp³-hybridized carbons (Fsp3) is 0.0588. The molecule has 3 aromatic rings. The normalized spacial score (nSPS) is 11.2. The Balaban J connectivity index is 1.90. The predicted molar refractivity (Wildman–Crippen MR) is 89.5 cm³/mol. The van der Waals surface area contributed by atoms with E-state index in [9.17, 15) is 8.42 Å². The van der Waals surface area contributed by atoms with Gasteiger partial charge in [-0.15, -0.1) is 0 Å². The van der Waals surface area contributed by atoms with Gasteiger partial charge in [0.1, 0.15) is 0 Å². The number of hydrogen-bond acceptors (Lipinski definition) is 4. The molecule has 0 spiro atoms. The first-order valence-electron chi connectivity index (χ1n) is 7.02. The number of hydrogen-bond donors (Lipinski definition) is 1. The second-order valence-corrected chi connectivity index (χ2v) is 6.73.